The first-order valence-electron chi connectivity index (χ1n) is 8.98. The highest BCUT2D eigenvalue weighted by Gasteiger charge is 2.38. The van der Waals surface area contributed by atoms with Crippen LogP contribution in [0, 0.1) is 0 Å². The lowest BCUT2D eigenvalue weighted by molar-refractivity contribution is -0.0584. The number of methoxy groups -OCH3 is 1. The summed E-state index contributed by atoms with van der Waals surface area (Å²) in [6, 6.07) is 19.5. The molecule has 0 N–H and O–H groups in total. The van der Waals surface area contributed by atoms with E-state index < -0.39 is 23.8 Å². The number of hydrogen-bond donors (Lipinski definition) is 0. The summed E-state index contributed by atoms with van der Waals surface area (Å²) in [6.45, 7) is 0. The lowest BCUT2D eigenvalue weighted by atomic mass is 10.0. The normalized spacial score (nSPS) is 12.5. The molecule has 0 spiro atoms. The smallest absolute Gasteiger partial charge is 0.363 e. The van der Waals surface area contributed by atoms with E-state index in [9.17, 15) is 19.2 Å². The molecule has 3 aromatic rings. The van der Waals surface area contributed by atoms with Gasteiger partial charge in [-0.2, -0.15) is 0 Å². The maximum atomic E-state index is 12.4. The molecule has 4 rings (SSSR count). The molecule has 3 aromatic carbocycles. The van der Waals surface area contributed by atoms with Crippen molar-refractivity contribution in [2.24, 2.45) is 0 Å². The van der Waals surface area contributed by atoms with E-state index in [1.165, 1.54) is 31.4 Å². The second-order valence-corrected chi connectivity index (χ2v) is 6.48. The van der Waals surface area contributed by atoms with Crippen LogP contribution in [0.2, 0.25) is 0 Å². The Labute approximate surface area is 171 Å². The number of benzene rings is 3. The van der Waals surface area contributed by atoms with Crippen molar-refractivity contribution in [1.82, 2.24) is 5.06 Å². The average molecular weight is 401 g/mol. The van der Waals surface area contributed by atoms with Gasteiger partial charge >= 0.3 is 11.9 Å². The van der Waals surface area contributed by atoms with Crippen molar-refractivity contribution in [3.05, 3.63) is 95.1 Å². The Morgan fingerprint density at radius 1 is 0.667 bits per heavy atom. The Kier molecular flexibility index (Phi) is 4.85. The number of esters is 1. The summed E-state index contributed by atoms with van der Waals surface area (Å²) >= 11 is 0. The van der Waals surface area contributed by atoms with Crippen molar-refractivity contribution < 1.29 is 28.8 Å². The fourth-order valence-corrected chi connectivity index (χ4v) is 3.10. The Bertz CT molecular complexity index is 1130. The van der Waals surface area contributed by atoms with E-state index in [0.717, 1.165) is 11.1 Å². The number of amides is 2. The van der Waals surface area contributed by atoms with Crippen molar-refractivity contribution in [2.75, 3.05) is 7.11 Å². The van der Waals surface area contributed by atoms with Gasteiger partial charge in [-0.25, -0.2) is 9.59 Å². The highest BCUT2D eigenvalue weighted by Crippen LogP contribution is 2.24. The van der Waals surface area contributed by atoms with E-state index in [4.69, 9.17) is 4.84 Å². The second-order valence-electron chi connectivity index (χ2n) is 6.48. The summed E-state index contributed by atoms with van der Waals surface area (Å²) in [6.07, 6.45) is 0. The third-order valence-corrected chi connectivity index (χ3v) is 4.69. The summed E-state index contributed by atoms with van der Waals surface area (Å²) in [5.41, 5.74) is 2.65. The molecule has 1 heterocycles. The van der Waals surface area contributed by atoms with Gasteiger partial charge in [0.2, 0.25) is 0 Å². The lowest BCUT2D eigenvalue weighted by Gasteiger charge is -2.13. The summed E-state index contributed by atoms with van der Waals surface area (Å²) in [7, 11) is 1.32. The molecule has 0 unspecified atom stereocenters. The minimum absolute atomic E-state index is 0.182. The van der Waals surface area contributed by atoms with Crippen molar-refractivity contribution in [3.8, 4) is 11.1 Å². The minimum atomic E-state index is -0.822. The van der Waals surface area contributed by atoms with E-state index in [1.54, 1.807) is 48.5 Å². The maximum absolute atomic E-state index is 12.4. The number of carbonyl (C=O) groups is 4. The third-order valence-electron chi connectivity index (χ3n) is 4.69. The van der Waals surface area contributed by atoms with Crippen molar-refractivity contribution in [2.45, 2.75) is 0 Å². The van der Waals surface area contributed by atoms with Gasteiger partial charge in [0.15, 0.2) is 0 Å². The number of imide groups is 1. The summed E-state index contributed by atoms with van der Waals surface area (Å²) < 4.78 is 4.67. The molecule has 30 heavy (non-hydrogen) atoms. The number of ether oxygens (including phenoxy) is 1. The van der Waals surface area contributed by atoms with Crippen LogP contribution in [0.25, 0.3) is 11.1 Å². The van der Waals surface area contributed by atoms with Crippen LogP contribution in [0.5, 0.6) is 0 Å². The van der Waals surface area contributed by atoms with Gasteiger partial charge in [-0.1, -0.05) is 41.5 Å². The highest BCUT2D eigenvalue weighted by molar-refractivity contribution is 6.21. The zero-order chi connectivity index (χ0) is 21.3. The number of fused-ring (bicyclic) bond motifs is 1. The zero-order valence-corrected chi connectivity index (χ0v) is 15.8. The first-order chi connectivity index (χ1) is 14.5. The van der Waals surface area contributed by atoms with Crippen LogP contribution in [-0.4, -0.2) is 35.9 Å². The number of rotatable bonds is 4. The predicted octanol–water partition coefficient (Wildman–Crippen LogP) is 3.51. The first-order valence-corrected chi connectivity index (χ1v) is 8.98. The molecular formula is C23H15NO6. The Balaban J connectivity index is 1.48. The van der Waals surface area contributed by atoms with Crippen LogP contribution < -0.4 is 0 Å². The molecule has 0 bridgehead atoms. The van der Waals surface area contributed by atoms with Gasteiger partial charge < -0.3 is 9.57 Å². The van der Waals surface area contributed by atoms with E-state index in [0.29, 0.717) is 10.6 Å². The fraction of sp³-hybridized carbons (Fsp3) is 0.0435. The monoisotopic (exact) mass is 401 g/mol. The Morgan fingerprint density at radius 3 is 1.53 bits per heavy atom. The van der Waals surface area contributed by atoms with Crippen LogP contribution in [0.1, 0.15) is 41.4 Å². The van der Waals surface area contributed by atoms with Crippen LogP contribution in [-0.2, 0) is 9.57 Å². The molecule has 1 aliphatic rings. The van der Waals surface area contributed by atoms with E-state index in [1.807, 2.05) is 0 Å². The van der Waals surface area contributed by atoms with Gasteiger partial charge in [0.05, 0.1) is 29.4 Å². The molecule has 0 saturated heterocycles. The summed E-state index contributed by atoms with van der Waals surface area (Å²) in [5, 5.41) is 0.479. The predicted molar refractivity (Wildman–Crippen MR) is 106 cm³/mol. The first kappa shape index (κ1) is 19.1. The van der Waals surface area contributed by atoms with Crippen molar-refractivity contribution in [3.63, 3.8) is 0 Å². The second kappa shape index (κ2) is 7.63. The fourth-order valence-electron chi connectivity index (χ4n) is 3.10. The van der Waals surface area contributed by atoms with Crippen LogP contribution in [0.3, 0.4) is 0 Å². The van der Waals surface area contributed by atoms with Gasteiger partial charge in [-0.05, 0) is 47.5 Å². The van der Waals surface area contributed by atoms with Crippen molar-refractivity contribution in [1.29, 1.82) is 0 Å². The molecule has 2 amide bonds. The minimum Gasteiger partial charge on any atom is -0.465 e. The lowest BCUT2D eigenvalue weighted by Crippen LogP contribution is -2.32. The quantitative estimate of drug-likeness (QED) is 0.491. The molecule has 1 aliphatic heterocycles. The molecule has 0 aliphatic carbocycles. The van der Waals surface area contributed by atoms with Gasteiger partial charge in [0.1, 0.15) is 0 Å². The molecule has 0 fully saturated rings. The molecule has 0 saturated carbocycles. The molecular weight excluding hydrogens is 386 g/mol. The van der Waals surface area contributed by atoms with E-state index in [-0.39, 0.29) is 16.7 Å². The summed E-state index contributed by atoms with van der Waals surface area (Å²) in [5.74, 6) is -2.59. The van der Waals surface area contributed by atoms with Crippen molar-refractivity contribution >= 4 is 23.8 Å². The standard InChI is InChI=1S/C23H15NO6/c1-29-22(27)16-10-6-14(7-11-16)15-8-12-17(13-9-15)23(28)30-24-20(25)18-4-2-3-5-19(18)21(24)26/h2-13H,1H3. The Morgan fingerprint density at radius 2 is 1.10 bits per heavy atom. The van der Waals surface area contributed by atoms with E-state index in [2.05, 4.69) is 4.74 Å². The topological polar surface area (TPSA) is 90.0 Å². The number of hydrogen-bond acceptors (Lipinski definition) is 6. The molecule has 148 valence electrons. The average Bonchev–Trinajstić information content (AvgIpc) is 3.04. The Hall–Kier alpha value is -4.26. The SMILES string of the molecule is COC(=O)c1ccc(-c2ccc(C(=O)ON3C(=O)c4ccccc4C3=O)cc2)cc1. The summed E-state index contributed by atoms with van der Waals surface area (Å²) in [4.78, 5) is 53.6. The number of hydroxylamine groups is 2. The molecule has 0 atom stereocenters. The van der Waals surface area contributed by atoms with E-state index >= 15 is 0 Å². The van der Waals surface area contributed by atoms with Gasteiger partial charge in [0.25, 0.3) is 11.8 Å². The molecule has 0 radical (unpaired) electrons. The third kappa shape index (κ3) is 3.33. The van der Waals surface area contributed by atoms with Crippen LogP contribution in [0.4, 0.5) is 0 Å². The maximum Gasteiger partial charge on any atom is 0.363 e. The van der Waals surface area contributed by atoms with Crippen LogP contribution in [0.15, 0.2) is 72.8 Å². The number of nitrogens with zero attached hydrogens (tertiary/aromatic N) is 1. The van der Waals surface area contributed by atoms with Gasteiger partial charge in [0, 0.05) is 0 Å². The zero-order valence-electron chi connectivity index (χ0n) is 15.8. The number of carbonyl (C=O) groups excluding carboxylic acids is 4. The molecule has 7 nitrogen and oxygen atoms in total. The highest BCUT2D eigenvalue weighted by atomic mass is 16.7. The van der Waals surface area contributed by atoms with Crippen LogP contribution >= 0.6 is 0 Å². The molecule has 7 heteroatoms. The van der Waals surface area contributed by atoms with Gasteiger partial charge in [-0.15, -0.1) is 0 Å². The van der Waals surface area contributed by atoms with Gasteiger partial charge in [-0.3, -0.25) is 9.59 Å². The largest absolute Gasteiger partial charge is 0.465 e. The molecule has 0 aromatic heterocycles.